The standard InChI is InChI=1S/C12H13F3N2OS2/c1-16-11-17(5-6-19-2)9-4-3-8(7-10(9)20-11)18-12(13,14)15/h3-4,7H,5-6H2,1-2H3. The Morgan fingerprint density at radius 1 is 1.40 bits per heavy atom. The summed E-state index contributed by atoms with van der Waals surface area (Å²) in [6.45, 7) is 0.771. The predicted octanol–water partition coefficient (Wildman–Crippen LogP) is 3.49. The van der Waals surface area contributed by atoms with Crippen molar-refractivity contribution in [3.63, 3.8) is 0 Å². The molecule has 110 valence electrons. The first-order chi connectivity index (χ1) is 9.44. The second kappa shape index (κ2) is 6.09. The highest BCUT2D eigenvalue weighted by molar-refractivity contribution is 7.98. The third kappa shape index (κ3) is 3.49. The molecule has 1 heterocycles. The lowest BCUT2D eigenvalue weighted by Crippen LogP contribution is -2.17. The van der Waals surface area contributed by atoms with Crippen LogP contribution in [-0.4, -0.2) is 30.0 Å². The molecule has 3 nitrogen and oxygen atoms in total. The summed E-state index contributed by atoms with van der Waals surface area (Å²) in [7, 11) is 1.67. The zero-order chi connectivity index (χ0) is 14.8. The van der Waals surface area contributed by atoms with E-state index in [4.69, 9.17) is 0 Å². The number of hydrogen-bond donors (Lipinski definition) is 0. The fourth-order valence-electron chi connectivity index (χ4n) is 1.82. The molecular formula is C12H13F3N2OS2. The van der Waals surface area contributed by atoms with Crippen molar-refractivity contribution in [1.29, 1.82) is 0 Å². The smallest absolute Gasteiger partial charge is 0.406 e. The van der Waals surface area contributed by atoms with Crippen LogP contribution in [0.25, 0.3) is 10.2 Å². The largest absolute Gasteiger partial charge is 0.573 e. The van der Waals surface area contributed by atoms with E-state index in [1.165, 1.54) is 23.5 Å². The first kappa shape index (κ1) is 15.2. The summed E-state index contributed by atoms with van der Waals surface area (Å²) in [6.07, 6.45) is -2.66. The molecule has 0 spiro atoms. The number of aryl methyl sites for hydroxylation is 1. The van der Waals surface area contributed by atoms with Crippen LogP contribution in [0.2, 0.25) is 0 Å². The predicted molar refractivity (Wildman–Crippen MR) is 76.4 cm³/mol. The van der Waals surface area contributed by atoms with Crippen molar-refractivity contribution in [1.82, 2.24) is 4.57 Å². The van der Waals surface area contributed by atoms with Crippen molar-refractivity contribution >= 4 is 33.3 Å². The second-order valence-electron chi connectivity index (χ2n) is 3.93. The summed E-state index contributed by atoms with van der Waals surface area (Å²) < 4.78 is 43.3. The molecule has 8 heteroatoms. The third-order valence-corrected chi connectivity index (χ3v) is 4.32. The van der Waals surface area contributed by atoms with Gasteiger partial charge < -0.3 is 9.30 Å². The van der Waals surface area contributed by atoms with E-state index in [1.807, 2.05) is 10.8 Å². The SMILES string of the molecule is CN=c1sc2cc(OC(F)(F)F)ccc2n1CCSC. The van der Waals surface area contributed by atoms with Gasteiger partial charge in [0.05, 0.1) is 10.2 Å². The summed E-state index contributed by atoms with van der Waals surface area (Å²) in [4.78, 5) is 4.96. The Kier molecular flexibility index (Phi) is 4.64. The van der Waals surface area contributed by atoms with Crippen molar-refractivity contribution in [2.24, 2.45) is 4.99 Å². The molecule has 0 N–H and O–H groups in total. The van der Waals surface area contributed by atoms with Crippen molar-refractivity contribution in [3.05, 3.63) is 23.0 Å². The molecule has 0 aliphatic carbocycles. The average Bonchev–Trinajstić information content (AvgIpc) is 2.71. The van der Waals surface area contributed by atoms with Gasteiger partial charge in [0.1, 0.15) is 5.75 Å². The maximum absolute atomic E-state index is 12.2. The number of benzene rings is 1. The molecule has 0 amide bonds. The molecule has 2 aromatic rings. The van der Waals surface area contributed by atoms with E-state index in [9.17, 15) is 13.2 Å². The Balaban J connectivity index is 2.44. The van der Waals surface area contributed by atoms with E-state index in [2.05, 4.69) is 9.73 Å². The second-order valence-corrected chi connectivity index (χ2v) is 5.92. The zero-order valence-corrected chi connectivity index (χ0v) is 12.5. The quantitative estimate of drug-likeness (QED) is 0.861. The van der Waals surface area contributed by atoms with Gasteiger partial charge in [-0.2, -0.15) is 11.8 Å². The van der Waals surface area contributed by atoms with E-state index in [1.54, 1.807) is 24.9 Å². The van der Waals surface area contributed by atoms with E-state index in [0.29, 0.717) is 0 Å². The van der Waals surface area contributed by atoms with Crippen LogP contribution in [0.5, 0.6) is 5.75 Å². The van der Waals surface area contributed by atoms with Gasteiger partial charge in [0.15, 0.2) is 4.80 Å². The summed E-state index contributed by atoms with van der Waals surface area (Å²) in [5.74, 6) is 0.714. The number of nitrogens with zero attached hydrogens (tertiary/aromatic N) is 2. The molecule has 1 aromatic carbocycles. The van der Waals surface area contributed by atoms with Crippen LogP contribution in [0.1, 0.15) is 0 Å². The number of thioether (sulfide) groups is 1. The van der Waals surface area contributed by atoms with E-state index in [-0.39, 0.29) is 5.75 Å². The molecule has 0 fully saturated rings. The highest BCUT2D eigenvalue weighted by Crippen LogP contribution is 2.27. The monoisotopic (exact) mass is 322 g/mol. The van der Waals surface area contributed by atoms with Crippen molar-refractivity contribution in [2.75, 3.05) is 19.1 Å². The lowest BCUT2D eigenvalue weighted by Gasteiger charge is -2.09. The van der Waals surface area contributed by atoms with E-state index in [0.717, 1.165) is 27.3 Å². The van der Waals surface area contributed by atoms with Gasteiger partial charge in [-0.05, 0) is 24.5 Å². The summed E-state index contributed by atoms with van der Waals surface area (Å²) in [6, 6.07) is 4.37. The molecule has 0 unspecified atom stereocenters. The Morgan fingerprint density at radius 2 is 2.15 bits per heavy atom. The van der Waals surface area contributed by atoms with Crippen LogP contribution in [0.4, 0.5) is 13.2 Å². The average molecular weight is 322 g/mol. The fourth-order valence-corrected chi connectivity index (χ4v) is 3.23. The number of hydrogen-bond acceptors (Lipinski definition) is 4. The first-order valence-corrected chi connectivity index (χ1v) is 7.96. The molecule has 0 radical (unpaired) electrons. The van der Waals surface area contributed by atoms with Gasteiger partial charge in [-0.3, -0.25) is 4.99 Å². The van der Waals surface area contributed by atoms with Crippen LogP contribution >= 0.6 is 23.1 Å². The molecule has 0 bridgehead atoms. The van der Waals surface area contributed by atoms with Gasteiger partial charge in [-0.1, -0.05) is 11.3 Å². The lowest BCUT2D eigenvalue weighted by molar-refractivity contribution is -0.274. The normalized spacial score (nSPS) is 13.2. The molecule has 2 rings (SSSR count). The molecular weight excluding hydrogens is 309 g/mol. The maximum atomic E-state index is 12.2. The molecule has 0 saturated heterocycles. The molecule has 0 aliphatic heterocycles. The minimum absolute atomic E-state index is 0.203. The van der Waals surface area contributed by atoms with Crippen LogP contribution < -0.4 is 9.54 Å². The molecule has 1 aromatic heterocycles. The number of thiazole rings is 1. The number of halogens is 3. The van der Waals surface area contributed by atoms with Gasteiger partial charge >= 0.3 is 6.36 Å². The van der Waals surface area contributed by atoms with Crippen molar-refractivity contribution < 1.29 is 17.9 Å². The Labute approximate surface area is 122 Å². The fraction of sp³-hybridized carbons (Fsp3) is 0.417. The highest BCUT2D eigenvalue weighted by Gasteiger charge is 2.31. The molecule has 20 heavy (non-hydrogen) atoms. The summed E-state index contributed by atoms with van der Waals surface area (Å²) >= 11 is 3.06. The van der Waals surface area contributed by atoms with Gasteiger partial charge in [-0.15, -0.1) is 13.2 Å². The van der Waals surface area contributed by atoms with E-state index >= 15 is 0 Å². The Hall–Kier alpha value is -1.15. The van der Waals surface area contributed by atoms with Gasteiger partial charge in [0.2, 0.25) is 0 Å². The van der Waals surface area contributed by atoms with Gasteiger partial charge in [0, 0.05) is 19.3 Å². The van der Waals surface area contributed by atoms with Crippen molar-refractivity contribution in [2.45, 2.75) is 12.9 Å². The Bertz CT molecular complexity index is 661. The lowest BCUT2D eigenvalue weighted by atomic mass is 10.3. The van der Waals surface area contributed by atoms with Gasteiger partial charge in [0.25, 0.3) is 0 Å². The number of ether oxygens (including phenoxy) is 1. The van der Waals surface area contributed by atoms with Crippen LogP contribution in [0.15, 0.2) is 23.2 Å². The zero-order valence-electron chi connectivity index (χ0n) is 10.9. The molecule has 0 saturated carbocycles. The topological polar surface area (TPSA) is 26.5 Å². The minimum Gasteiger partial charge on any atom is -0.406 e. The maximum Gasteiger partial charge on any atom is 0.573 e. The number of aromatic nitrogens is 1. The van der Waals surface area contributed by atoms with E-state index < -0.39 is 6.36 Å². The molecule has 0 atom stereocenters. The highest BCUT2D eigenvalue weighted by atomic mass is 32.2. The number of rotatable bonds is 4. The summed E-state index contributed by atoms with van der Waals surface area (Å²) in [5, 5.41) is 0. The summed E-state index contributed by atoms with van der Waals surface area (Å²) in [5.41, 5.74) is 0.874. The first-order valence-electron chi connectivity index (χ1n) is 5.75. The Morgan fingerprint density at radius 3 is 2.75 bits per heavy atom. The van der Waals surface area contributed by atoms with Crippen LogP contribution in [0.3, 0.4) is 0 Å². The minimum atomic E-state index is -4.67. The third-order valence-electron chi connectivity index (χ3n) is 2.60. The number of alkyl halides is 3. The van der Waals surface area contributed by atoms with Crippen LogP contribution in [-0.2, 0) is 6.54 Å². The van der Waals surface area contributed by atoms with Gasteiger partial charge in [-0.25, -0.2) is 0 Å². The van der Waals surface area contributed by atoms with Crippen LogP contribution in [0, 0.1) is 0 Å². The van der Waals surface area contributed by atoms with Crippen molar-refractivity contribution in [3.8, 4) is 5.75 Å². The molecule has 0 aliphatic rings. The number of fused-ring (bicyclic) bond motifs is 1.